The van der Waals surface area contributed by atoms with E-state index in [-0.39, 0.29) is 30.2 Å². The lowest BCUT2D eigenvalue weighted by Gasteiger charge is -2.32. The summed E-state index contributed by atoms with van der Waals surface area (Å²) in [6.07, 6.45) is 3.08. The van der Waals surface area contributed by atoms with Crippen molar-refractivity contribution in [3.8, 4) is 0 Å². The van der Waals surface area contributed by atoms with E-state index in [0.717, 1.165) is 12.8 Å². The van der Waals surface area contributed by atoms with Gasteiger partial charge in [-0.15, -0.1) is 0 Å². The van der Waals surface area contributed by atoms with Gasteiger partial charge in [0, 0.05) is 18.4 Å². The summed E-state index contributed by atoms with van der Waals surface area (Å²) in [5.41, 5.74) is 5.98. The fourth-order valence-corrected chi connectivity index (χ4v) is 2.72. The molecule has 1 saturated carbocycles. The average molecular weight is 267 g/mol. The Morgan fingerprint density at radius 3 is 2.68 bits per heavy atom. The first kappa shape index (κ1) is 14.0. The van der Waals surface area contributed by atoms with Crippen LogP contribution in [0.1, 0.15) is 39.0 Å². The highest BCUT2D eigenvalue weighted by Gasteiger charge is 2.33. The summed E-state index contributed by atoms with van der Waals surface area (Å²) < 4.78 is 0. The predicted octanol–water partition coefficient (Wildman–Crippen LogP) is -0.329. The minimum Gasteiger partial charge on any atom is -0.344 e. The molecule has 2 fully saturated rings. The zero-order chi connectivity index (χ0) is 14.0. The highest BCUT2D eigenvalue weighted by Crippen LogP contribution is 2.27. The van der Waals surface area contributed by atoms with E-state index in [0.29, 0.717) is 18.8 Å². The summed E-state index contributed by atoms with van der Waals surface area (Å²) >= 11 is 0. The molecule has 19 heavy (non-hydrogen) atoms. The molecular formula is C13H21N3O3. The van der Waals surface area contributed by atoms with Gasteiger partial charge in [-0.05, 0) is 31.6 Å². The van der Waals surface area contributed by atoms with Gasteiger partial charge < -0.3 is 11.1 Å². The van der Waals surface area contributed by atoms with Gasteiger partial charge in [0.15, 0.2) is 0 Å². The Morgan fingerprint density at radius 1 is 1.32 bits per heavy atom. The maximum atomic E-state index is 12.1. The molecule has 6 heteroatoms. The van der Waals surface area contributed by atoms with Crippen LogP contribution in [0.3, 0.4) is 0 Å². The zero-order valence-electron chi connectivity index (χ0n) is 11.1. The molecule has 6 nitrogen and oxygen atoms in total. The first-order chi connectivity index (χ1) is 8.97. The fraction of sp³-hybridized carbons (Fsp3) is 0.769. The summed E-state index contributed by atoms with van der Waals surface area (Å²) in [4.78, 5) is 34.7. The van der Waals surface area contributed by atoms with Crippen LogP contribution in [0.25, 0.3) is 0 Å². The second kappa shape index (κ2) is 5.69. The third-order valence-corrected chi connectivity index (χ3v) is 4.18. The highest BCUT2D eigenvalue weighted by atomic mass is 16.2. The molecule has 1 heterocycles. The van der Waals surface area contributed by atoms with Gasteiger partial charge in [0.1, 0.15) is 6.04 Å². The van der Waals surface area contributed by atoms with Crippen LogP contribution in [0.15, 0.2) is 0 Å². The molecule has 0 aromatic rings. The van der Waals surface area contributed by atoms with Crippen LogP contribution in [-0.2, 0) is 14.4 Å². The second-order valence-corrected chi connectivity index (χ2v) is 5.66. The summed E-state index contributed by atoms with van der Waals surface area (Å²) in [6, 6.07) is -0.535. The van der Waals surface area contributed by atoms with Gasteiger partial charge in [0.25, 0.3) is 0 Å². The number of imide groups is 1. The van der Waals surface area contributed by atoms with Crippen LogP contribution >= 0.6 is 0 Å². The fourth-order valence-electron chi connectivity index (χ4n) is 2.72. The van der Waals surface area contributed by atoms with Crippen molar-refractivity contribution in [3.63, 3.8) is 0 Å². The highest BCUT2D eigenvalue weighted by molar-refractivity contribution is 6.01. The van der Waals surface area contributed by atoms with Crippen LogP contribution in [0.5, 0.6) is 0 Å². The summed E-state index contributed by atoms with van der Waals surface area (Å²) in [6.45, 7) is 2.10. The average Bonchev–Trinajstić information content (AvgIpc) is 2.36. The molecule has 4 N–H and O–H groups in total. The van der Waals surface area contributed by atoms with E-state index in [1.807, 2.05) is 0 Å². The van der Waals surface area contributed by atoms with Crippen LogP contribution in [0.4, 0.5) is 0 Å². The number of carbonyl (C=O) groups is 3. The van der Waals surface area contributed by atoms with Gasteiger partial charge in [-0.25, -0.2) is 0 Å². The zero-order valence-corrected chi connectivity index (χ0v) is 11.1. The Labute approximate surface area is 112 Å². The van der Waals surface area contributed by atoms with Crippen LogP contribution in [0, 0.1) is 11.8 Å². The number of nitrogens with one attached hydrogen (secondary N) is 2. The lowest BCUT2D eigenvalue weighted by Crippen LogP contribution is -2.54. The van der Waals surface area contributed by atoms with Gasteiger partial charge in [0.2, 0.25) is 17.7 Å². The van der Waals surface area contributed by atoms with E-state index in [1.165, 1.54) is 0 Å². The van der Waals surface area contributed by atoms with Gasteiger partial charge in [-0.3, -0.25) is 19.7 Å². The SMILES string of the molecule is CC1CCC(C(=O)NC2CCC(=O)NC2=O)CC1N. The van der Waals surface area contributed by atoms with E-state index in [1.54, 1.807) is 0 Å². The van der Waals surface area contributed by atoms with Crippen molar-refractivity contribution in [3.05, 3.63) is 0 Å². The van der Waals surface area contributed by atoms with E-state index >= 15 is 0 Å². The predicted molar refractivity (Wildman–Crippen MR) is 68.8 cm³/mol. The normalized spacial score (nSPS) is 35.7. The topological polar surface area (TPSA) is 101 Å². The van der Waals surface area contributed by atoms with Crippen molar-refractivity contribution in [2.24, 2.45) is 17.6 Å². The molecule has 1 aliphatic carbocycles. The molecule has 0 bridgehead atoms. The Hall–Kier alpha value is -1.43. The maximum Gasteiger partial charge on any atom is 0.249 e. The van der Waals surface area contributed by atoms with Gasteiger partial charge >= 0.3 is 0 Å². The Kier molecular flexibility index (Phi) is 4.19. The van der Waals surface area contributed by atoms with Gasteiger partial charge in [-0.1, -0.05) is 6.92 Å². The monoisotopic (exact) mass is 267 g/mol. The molecular weight excluding hydrogens is 246 g/mol. The molecule has 1 saturated heterocycles. The van der Waals surface area contributed by atoms with Crippen molar-refractivity contribution in [2.75, 3.05) is 0 Å². The number of hydrogen-bond donors (Lipinski definition) is 3. The number of amides is 3. The van der Waals surface area contributed by atoms with Crippen molar-refractivity contribution in [2.45, 2.75) is 51.1 Å². The van der Waals surface area contributed by atoms with Crippen molar-refractivity contribution < 1.29 is 14.4 Å². The van der Waals surface area contributed by atoms with E-state index in [2.05, 4.69) is 17.6 Å². The second-order valence-electron chi connectivity index (χ2n) is 5.66. The third-order valence-electron chi connectivity index (χ3n) is 4.18. The molecule has 1 aliphatic heterocycles. The Bertz CT molecular complexity index is 397. The standard InChI is InChI=1S/C13H21N3O3/c1-7-2-3-8(6-9(7)14)12(18)15-10-4-5-11(17)16-13(10)19/h7-10H,2-6,14H2,1H3,(H,15,18)(H,16,17,19). The van der Waals surface area contributed by atoms with Crippen molar-refractivity contribution in [1.29, 1.82) is 0 Å². The van der Waals surface area contributed by atoms with Gasteiger partial charge in [-0.2, -0.15) is 0 Å². The van der Waals surface area contributed by atoms with Crippen LogP contribution in [-0.4, -0.2) is 29.8 Å². The largest absolute Gasteiger partial charge is 0.344 e. The molecule has 0 aromatic heterocycles. The summed E-state index contributed by atoms with van der Waals surface area (Å²) in [7, 11) is 0. The lowest BCUT2D eigenvalue weighted by molar-refractivity contribution is -0.138. The minimum absolute atomic E-state index is 0.0475. The molecule has 4 unspecified atom stereocenters. The first-order valence-electron chi connectivity index (χ1n) is 6.87. The lowest BCUT2D eigenvalue weighted by atomic mass is 9.79. The number of carbonyl (C=O) groups excluding carboxylic acids is 3. The Balaban J connectivity index is 1.87. The van der Waals surface area contributed by atoms with E-state index in [9.17, 15) is 14.4 Å². The maximum absolute atomic E-state index is 12.1. The number of piperidine rings is 1. The molecule has 106 valence electrons. The molecule has 4 atom stereocenters. The molecule has 0 radical (unpaired) electrons. The van der Waals surface area contributed by atoms with Crippen LogP contribution < -0.4 is 16.4 Å². The van der Waals surface area contributed by atoms with Crippen molar-refractivity contribution >= 4 is 17.7 Å². The molecule has 0 aromatic carbocycles. The first-order valence-corrected chi connectivity index (χ1v) is 6.87. The minimum atomic E-state index is -0.583. The summed E-state index contributed by atoms with van der Waals surface area (Å²) in [5.74, 6) is -0.463. The van der Waals surface area contributed by atoms with Gasteiger partial charge in [0.05, 0.1) is 0 Å². The van der Waals surface area contributed by atoms with Crippen LogP contribution in [0.2, 0.25) is 0 Å². The van der Waals surface area contributed by atoms with E-state index < -0.39 is 11.9 Å². The number of rotatable bonds is 2. The molecule has 2 rings (SSSR count). The van der Waals surface area contributed by atoms with Crippen molar-refractivity contribution in [1.82, 2.24) is 10.6 Å². The third kappa shape index (κ3) is 3.32. The Morgan fingerprint density at radius 2 is 2.05 bits per heavy atom. The quantitative estimate of drug-likeness (QED) is 0.596. The number of nitrogens with two attached hydrogens (primary N) is 1. The molecule has 2 aliphatic rings. The van der Waals surface area contributed by atoms with E-state index in [4.69, 9.17) is 5.73 Å². The molecule has 3 amide bonds. The number of hydrogen-bond acceptors (Lipinski definition) is 4. The summed E-state index contributed by atoms with van der Waals surface area (Å²) in [5, 5.41) is 4.97. The smallest absolute Gasteiger partial charge is 0.249 e. The molecule has 0 spiro atoms.